The van der Waals surface area contributed by atoms with E-state index in [0.29, 0.717) is 6.54 Å². The Hall–Kier alpha value is -2.54. The molecule has 0 aliphatic carbocycles. The Morgan fingerprint density at radius 1 is 1.08 bits per heavy atom. The van der Waals surface area contributed by atoms with Crippen LogP contribution in [-0.2, 0) is 20.0 Å². The number of hydrogen-bond donors (Lipinski definition) is 0. The van der Waals surface area contributed by atoms with Crippen LogP contribution in [0, 0.1) is 0 Å². The van der Waals surface area contributed by atoms with Gasteiger partial charge < -0.3 is 18.9 Å². The second kappa shape index (κ2) is 6.07. The van der Waals surface area contributed by atoms with Crippen molar-refractivity contribution in [2.75, 3.05) is 25.7 Å². The molecule has 3 heterocycles. The second-order valence-corrected chi connectivity index (χ2v) is 6.33. The van der Waals surface area contributed by atoms with Gasteiger partial charge in [-0.25, -0.2) is 4.98 Å². The summed E-state index contributed by atoms with van der Waals surface area (Å²) in [6, 6.07) is 4.08. The molecule has 0 N–H and O–H groups in total. The minimum Gasteiger partial charge on any atom is -0.493 e. The number of imidazole rings is 1. The lowest BCUT2D eigenvalue weighted by Crippen LogP contribution is -2.31. The highest BCUT2D eigenvalue weighted by Crippen LogP contribution is 2.35. The van der Waals surface area contributed by atoms with Crippen LogP contribution in [0.4, 0.5) is 5.82 Å². The Labute approximate surface area is 150 Å². The van der Waals surface area contributed by atoms with Gasteiger partial charge in [-0.15, -0.1) is 0 Å². The maximum absolute atomic E-state index is 6.13. The fraction of sp³-hybridized carbons (Fsp3) is 0.353. The van der Waals surface area contributed by atoms with Crippen molar-refractivity contribution in [2.24, 2.45) is 7.05 Å². The predicted octanol–water partition coefficient (Wildman–Crippen LogP) is 2.60. The van der Waals surface area contributed by atoms with Crippen LogP contribution in [0.25, 0.3) is 11.2 Å². The molecule has 25 heavy (non-hydrogen) atoms. The molecule has 3 aromatic rings. The number of hydrogen-bond acceptors (Lipinski definition) is 6. The van der Waals surface area contributed by atoms with Crippen molar-refractivity contribution in [3.63, 3.8) is 0 Å². The summed E-state index contributed by atoms with van der Waals surface area (Å²) >= 11 is 6.13. The molecule has 0 amide bonds. The average molecular weight is 360 g/mol. The maximum atomic E-state index is 6.13. The number of ether oxygens (including phenoxy) is 2. The first-order valence-corrected chi connectivity index (χ1v) is 8.31. The number of fused-ring (bicyclic) bond motifs is 2. The SMILES string of the molecule is COc1cc2c(cc1OC)CN(c1nc(Cl)nc3c1ncn3C)CC2. The summed E-state index contributed by atoms with van der Waals surface area (Å²) in [7, 11) is 5.19. The molecular formula is C17H18ClN5O2. The van der Waals surface area contributed by atoms with Gasteiger partial charge in [0, 0.05) is 20.1 Å². The highest BCUT2D eigenvalue weighted by molar-refractivity contribution is 6.28. The number of aromatic nitrogens is 4. The number of rotatable bonds is 3. The topological polar surface area (TPSA) is 65.3 Å². The van der Waals surface area contributed by atoms with E-state index in [1.807, 2.05) is 17.7 Å². The Balaban J connectivity index is 1.76. The second-order valence-electron chi connectivity index (χ2n) is 5.99. The Morgan fingerprint density at radius 3 is 2.52 bits per heavy atom. The molecule has 0 saturated carbocycles. The van der Waals surface area contributed by atoms with Gasteiger partial charge in [-0.2, -0.15) is 9.97 Å². The normalized spacial score (nSPS) is 13.8. The highest BCUT2D eigenvalue weighted by Gasteiger charge is 2.23. The molecule has 8 heteroatoms. The Kier molecular flexibility index (Phi) is 3.88. The standard InChI is InChI=1S/C17H18ClN5O2/c1-22-9-19-14-15(22)20-17(18)21-16(14)23-5-4-10-6-12(24-2)13(25-3)7-11(10)8-23/h6-7,9H,4-5,8H2,1-3H3. The lowest BCUT2D eigenvalue weighted by molar-refractivity contribution is 0.353. The summed E-state index contributed by atoms with van der Waals surface area (Å²) in [6.07, 6.45) is 2.61. The molecule has 1 aromatic carbocycles. The van der Waals surface area contributed by atoms with Crippen molar-refractivity contribution in [3.8, 4) is 11.5 Å². The van der Waals surface area contributed by atoms with Crippen molar-refractivity contribution >= 4 is 28.6 Å². The zero-order valence-electron chi connectivity index (χ0n) is 14.3. The number of aryl methyl sites for hydroxylation is 1. The van der Waals surface area contributed by atoms with Gasteiger partial charge in [0.1, 0.15) is 0 Å². The third-order valence-corrected chi connectivity index (χ3v) is 4.70. The van der Waals surface area contributed by atoms with Gasteiger partial charge in [0.15, 0.2) is 28.5 Å². The van der Waals surface area contributed by atoms with Gasteiger partial charge in [-0.05, 0) is 41.3 Å². The summed E-state index contributed by atoms with van der Waals surface area (Å²) in [5, 5.41) is 0.226. The van der Waals surface area contributed by atoms with Crippen molar-refractivity contribution in [1.29, 1.82) is 0 Å². The molecule has 0 saturated heterocycles. The third-order valence-electron chi connectivity index (χ3n) is 4.53. The van der Waals surface area contributed by atoms with Gasteiger partial charge in [0.05, 0.1) is 20.5 Å². The smallest absolute Gasteiger partial charge is 0.226 e. The molecule has 0 radical (unpaired) electrons. The largest absolute Gasteiger partial charge is 0.493 e. The van der Waals surface area contributed by atoms with Crippen molar-refractivity contribution in [2.45, 2.75) is 13.0 Å². The van der Waals surface area contributed by atoms with E-state index < -0.39 is 0 Å². The molecule has 1 aliphatic rings. The number of nitrogens with zero attached hydrogens (tertiary/aromatic N) is 5. The number of methoxy groups -OCH3 is 2. The predicted molar refractivity (Wildman–Crippen MR) is 95.6 cm³/mol. The van der Waals surface area contributed by atoms with Crippen LogP contribution in [0.1, 0.15) is 11.1 Å². The quantitative estimate of drug-likeness (QED) is 0.670. The minimum absolute atomic E-state index is 0.226. The summed E-state index contributed by atoms with van der Waals surface area (Å²) in [5.41, 5.74) is 3.93. The molecule has 0 spiro atoms. The summed E-state index contributed by atoms with van der Waals surface area (Å²) in [6.45, 7) is 1.52. The van der Waals surface area contributed by atoms with Crippen molar-refractivity contribution < 1.29 is 9.47 Å². The third kappa shape index (κ3) is 2.64. The molecule has 2 aromatic heterocycles. The summed E-state index contributed by atoms with van der Waals surface area (Å²) in [5.74, 6) is 2.25. The highest BCUT2D eigenvalue weighted by atomic mass is 35.5. The Bertz CT molecular complexity index is 956. The van der Waals surface area contributed by atoms with E-state index >= 15 is 0 Å². The first-order chi connectivity index (χ1) is 12.1. The van der Waals surface area contributed by atoms with Crippen LogP contribution >= 0.6 is 11.6 Å². The van der Waals surface area contributed by atoms with Crippen LogP contribution in [0.5, 0.6) is 11.5 Å². The van der Waals surface area contributed by atoms with E-state index in [4.69, 9.17) is 21.1 Å². The number of benzene rings is 1. The molecule has 1 aliphatic heterocycles. The van der Waals surface area contributed by atoms with E-state index in [1.165, 1.54) is 11.1 Å². The summed E-state index contributed by atoms with van der Waals surface area (Å²) in [4.78, 5) is 15.3. The maximum Gasteiger partial charge on any atom is 0.226 e. The van der Waals surface area contributed by atoms with E-state index in [1.54, 1.807) is 20.5 Å². The molecule has 0 fully saturated rings. The van der Waals surface area contributed by atoms with Gasteiger partial charge >= 0.3 is 0 Å². The monoisotopic (exact) mass is 359 g/mol. The van der Waals surface area contributed by atoms with Gasteiger partial charge in [0.2, 0.25) is 5.28 Å². The fourth-order valence-electron chi connectivity index (χ4n) is 3.25. The van der Waals surface area contributed by atoms with Crippen LogP contribution < -0.4 is 14.4 Å². The molecule has 130 valence electrons. The van der Waals surface area contributed by atoms with Crippen LogP contribution in [-0.4, -0.2) is 40.3 Å². The van der Waals surface area contributed by atoms with E-state index in [-0.39, 0.29) is 5.28 Å². The van der Waals surface area contributed by atoms with Crippen molar-refractivity contribution in [3.05, 3.63) is 34.9 Å². The number of anilines is 1. The molecule has 0 atom stereocenters. The lowest BCUT2D eigenvalue weighted by Gasteiger charge is -2.30. The number of halogens is 1. The zero-order valence-corrected chi connectivity index (χ0v) is 15.0. The summed E-state index contributed by atoms with van der Waals surface area (Å²) < 4.78 is 12.7. The first kappa shape index (κ1) is 16.0. The molecule has 7 nitrogen and oxygen atoms in total. The minimum atomic E-state index is 0.226. The van der Waals surface area contributed by atoms with Gasteiger partial charge in [0.25, 0.3) is 0 Å². The molecule has 4 rings (SSSR count). The van der Waals surface area contributed by atoms with Gasteiger partial charge in [-0.3, -0.25) is 0 Å². The Morgan fingerprint density at radius 2 is 1.80 bits per heavy atom. The average Bonchev–Trinajstić information content (AvgIpc) is 3.00. The first-order valence-electron chi connectivity index (χ1n) is 7.94. The molecule has 0 bridgehead atoms. The van der Waals surface area contributed by atoms with Crippen LogP contribution in [0.15, 0.2) is 18.5 Å². The fourth-order valence-corrected chi connectivity index (χ4v) is 3.41. The molecule has 0 unspecified atom stereocenters. The van der Waals surface area contributed by atoms with E-state index in [0.717, 1.165) is 41.4 Å². The van der Waals surface area contributed by atoms with Crippen molar-refractivity contribution in [1.82, 2.24) is 19.5 Å². The van der Waals surface area contributed by atoms with Gasteiger partial charge in [-0.1, -0.05) is 0 Å². The zero-order chi connectivity index (χ0) is 17.6. The lowest BCUT2D eigenvalue weighted by atomic mass is 9.98. The van der Waals surface area contributed by atoms with Crippen LogP contribution in [0.2, 0.25) is 5.28 Å². The van der Waals surface area contributed by atoms with E-state index in [9.17, 15) is 0 Å². The van der Waals surface area contributed by atoms with E-state index in [2.05, 4.69) is 25.9 Å². The molecular weight excluding hydrogens is 342 g/mol. The van der Waals surface area contributed by atoms with Crippen LogP contribution in [0.3, 0.4) is 0 Å².